The van der Waals surface area contributed by atoms with E-state index in [0.717, 1.165) is 11.3 Å². The Morgan fingerprint density at radius 1 is 0.636 bits per heavy atom. The van der Waals surface area contributed by atoms with Gasteiger partial charge in [0.1, 0.15) is 0 Å². The van der Waals surface area contributed by atoms with Gasteiger partial charge in [-0.15, -0.1) is 0 Å². The lowest BCUT2D eigenvalue weighted by atomic mass is 9.96. The number of hydrogen-bond acceptors (Lipinski definition) is 1. The first-order valence-electron chi connectivity index (χ1n) is 7.66. The van der Waals surface area contributed by atoms with E-state index < -0.39 is 0 Å². The summed E-state index contributed by atoms with van der Waals surface area (Å²) in [5.74, 6) is 0. The average Bonchev–Trinajstić information content (AvgIpc) is 2.51. The second-order valence-electron chi connectivity index (χ2n) is 6.05. The molecule has 1 nitrogen and oxygen atoms in total. The molecule has 0 saturated carbocycles. The van der Waals surface area contributed by atoms with Gasteiger partial charge in [-0.3, -0.25) is 4.98 Å². The van der Waals surface area contributed by atoms with E-state index in [1.165, 1.54) is 33.4 Å². The molecule has 1 heterocycles. The van der Waals surface area contributed by atoms with E-state index in [9.17, 15) is 0 Å². The first kappa shape index (κ1) is 14.5. The van der Waals surface area contributed by atoms with E-state index in [-0.39, 0.29) is 0 Å². The van der Waals surface area contributed by atoms with Gasteiger partial charge in [0, 0.05) is 11.8 Å². The van der Waals surface area contributed by atoms with E-state index in [2.05, 4.69) is 81.2 Å². The van der Waals surface area contributed by atoms with Crippen LogP contribution in [-0.4, -0.2) is 4.98 Å². The van der Waals surface area contributed by atoms with Crippen LogP contribution < -0.4 is 0 Å². The third-order valence-corrected chi connectivity index (χ3v) is 4.27. The van der Waals surface area contributed by atoms with Crippen LogP contribution in [0.2, 0.25) is 0 Å². The summed E-state index contributed by atoms with van der Waals surface area (Å²) in [5.41, 5.74) is 9.84. The zero-order valence-electron chi connectivity index (χ0n) is 13.6. The second kappa shape index (κ2) is 5.76. The molecule has 3 aromatic rings. The molecule has 0 atom stereocenters. The van der Waals surface area contributed by atoms with E-state index in [1.54, 1.807) is 0 Å². The van der Waals surface area contributed by atoms with Crippen molar-refractivity contribution < 1.29 is 0 Å². The SMILES string of the molecule is Cc1ccc(-c2cc(-c3ccc(C)c(C)c3)c(C)cn2)cc1. The maximum Gasteiger partial charge on any atom is 0.0708 e. The first-order chi connectivity index (χ1) is 10.5. The molecule has 0 amide bonds. The van der Waals surface area contributed by atoms with E-state index in [4.69, 9.17) is 0 Å². The summed E-state index contributed by atoms with van der Waals surface area (Å²) >= 11 is 0. The maximum atomic E-state index is 4.60. The number of rotatable bonds is 2. The fourth-order valence-corrected chi connectivity index (χ4v) is 2.63. The molecule has 3 rings (SSSR count). The van der Waals surface area contributed by atoms with Gasteiger partial charge in [-0.05, 0) is 61.6 Å². The molecule has 0 spiro atoms. The Hall–Kier alpha value is -2.41. The van der Waals surface area contributed by atoms with Gasteiger partial charge < -0.3 is 0 Å². The minimum Gasteiger partial charge on any atom is -0.256 e. The topological polar surface area (TPSA) is 12.9 Å². The molecule has 1 heteroatoms. The number of aryl methyl sites for hydroxylation is 4. The zero-order valence-corrected chi connectivity index (χ0v) is 13.6. The summed E-state index contributed by atoms with van der Waals surface area (Å²) < 4.78 is 0. The largest absolute Gasteiger partial charge is 0.256 e. The minimum atomic E-state index is 1.03. The molecule has 0 fully saturated rings. The first-order valence-corrected chi connectivity index (χ1v) is 7.66. The Balaban J connectivity index is 2.10. The molecule has 0 radical (unpaired) electrons. The lowest BCUT2D eigenvalue weighted by Gasteiger charge is -2.11. The highest BCUT2D eigenvalue weighted by Crippen LogP contribution is 2.29. The molecule has 0 unspecified atom stereocenters. The molecule has 0 aliphatic rings. The monoisotopic (exact) mass is 287 g/mol. The van der Waals surface area contributed by atoms with Crippen molar-refractivity contribution in [2.45, 2.75) is 27.7 Å². The summed E-state index contributed by atoms with van der Waals surface area (Å²) in [6.07, 6.45) is 1.97. The second-order valence-corrected chi connectivity index (χ2v) is 6.05. The molecule has 1 aromatic heterocycles. The molecule has 2 aromatic carbocycles. The molecule has 0 aliphatic heterocycles. The predicted octanol–water partition coefficient (Wildman–Crippen LogP) is 5.65. The Bertz CT molecular complexity index is 814. The lowest BCUT2D eigenvalue weighted by Crippen LogP contribution is -1.91. The molecule has 0 N–H and O–H groups in total. The van der Waals surface area contributed by atoms with E-state index in [0.29, 0.717) is 0 Å². The maximum absolute atomic E-state index is 4.60. The van der Waals surface area contributed by atoms with Gasteiger partial charge in [-0.2, -0.15) is 0 Å². The number of nitrogens with zero attached hydrogens (tertiary/aromatic N) is 1. The molecule has 110 valence electrons. The van der Waals surface area contributed by atoms with E-state index >= 15 is 0 Å². The molecular formula is C21H21N. The van der Waals surface area contributed by atoms with Crippen LogP contribution in [0.4, 0.5) is 0 Å². The van der Waals surface area contributed by atoms with Crippen molar-refractivity contribution in [1.82, 2.24) is 4.98 Å². The predicted molar refractivity (Wildman–Crippen MR) is 94.1 cm³/mol. The number of benzene rings is 2. The lowest BCUT2D eigenvalue weighted by molar-refractivity contribution is 1.26. The van der Waals surface area contributed by atoms with Crippen LogP contribution in [0.3, 0.4) is 0 Å². The Labute approximate surface area is 132 Å². The molecular weight excluding hydrogens is 266 g/mol. The Morgan fingerprint density at radius 3 is 2.00 bits per heavy atom. The van der Waals surface area contributed by atoms with Crippen LogP contribution in [0.5, 0.6) is 0 Å². The van der Waals surface area contributed by atoms with Crippen molar-refractivity contribution in [3.8, 4) is 22.4 Å². The van der Waals surface area contributed by atoms with Crippen molar-refractivity contribution in [1.29, 1.82) is 0 Å². The molecule has 22 heavy (non-hydrogen) atoms. The van der Waals surface area contributed by atoms with Crippen LogP contribution in [0.1, 0.15) is 22.3 Å². The Morgan fingerprint density at radius 2 is 1.32 bits per heavy atom. The van der Waals surface area contributed by atoms with Gasteiger partial charge in [0.2, 0.25) is 0 Å². The van der Waals surface area contributed by atoms with Gasteiger partial charge in [0.25, 0.3) is 0 Å². The number of aromatic nitrogens is 1. The summed E-state index contributed by atoms with van der Waals surface area (Å²) in [4.78, 5) is 4.60. The van der Waals surface area contributed by atoms with Crippen LogP contribution in [-0.2, 0) is 0 Å². The number of hydrogen-bond donors (Lipinski definition) is 0. The van der Waals surface area contributed by atoms with Crippen LogP contribution in [0.25, 0.3) is 22.4 Å². The van der Waals surface area contributed by atoms with Gasteiger partial charge in [0.05, 0.1) is 5.69 Å². The van der Waals surface area contributed by atoms with Crippen LogP contribution in [0.15, 0.2) is 54.7 Å². The van der Waals surface area contributed by atoms with Crippen molar-refractivity contribution in [2.75, 3.05) is 0 Å². The zero-order chi connectivity index (χ0) is 15.7. The smallest absolute Gasteiger partial charge is 0.0708 e. The van der Waals surface area contributed by atoms with Crippen molar-refractivity contribution in [3.05, 3.63) is 77.0 Å². The average molecular weight is 287 g/mol. The fraction of sp³-hybridized carbons (Fsp3) is 0.190. The standard InChI is InChI=1S/C21H21N/c1-14-5-8-18(9-6-14)21-12-20(17(4)13-22-21)19-10-7-15(2)16(3)11-19/h5-13H,1-4H3. The van der Waals surface area contributed by atoms with Gasteiger partial charge in [0.15, 0.2) is 0 Å². The highest BCUT2D eigenvalue weighted by atomic mass is 14.7. The molecule has 0 saturated heterocycles. The van der Waals surface area contributed by atoms with Crippen LogP contribution >= 0.6 is 0 Å². The van der Waals surface area contributed by atoms with Crippen LogP contribution in [0, 0.1) is 27.7 Å². The fourth-order valence-electron chi connectivity index (χ4n) is 2.63. The molecule has 0 aliphatic carbocycles. The third kappa shape index (κ3) is 2.80. The summed E-state index contributed by atoms with van der Waals surface area (Å²) in [6.45, 7) is 8.54. The Kier molecular flexibility index (Phi) is 3.81. The van der Waals surface area contributed by atoms with E-state index in [1.807, 2.05) is 6.20 Å². The van der Waals surface area contributed by atoms with Gasteiger partial charge in [-0.1, -0.05) is 48.0 Å². The van der Waals surface area contributed by atoms with Crippen molar-refractivity contribution >= 4 is 0 Å². The van der Waals surface area contributed by atoms with Crippen molar-refractivity contribution in [3.63, 3.8) is 0 Å². The summed E-state index contributed by atoms with van der Waals surface area (Å²) in [7, 11) is 0. The highest BCUT2D eigenvalue weighted by molar-refractivity contribution is 5.73. The van der Waals surface area contributed by atoms with Gasteiger partial charge in [-0.25, -0.2) is 0 Å². The normalized spacial score (nSPS) is 10.7. The van der Waals surface area contributed by atoms with Gasteiger partial charge >= 0.3 is 0 Å². The summed E-state index contributed by atoms with van der Waals surface area (Å²) in [5, 5.41) is 0. The number of pyridine rings is 1. The quantitative estimate of drug-likeness (QED) is 0.593. The van der Waals surface area contributed by atoms with Crippen molar-refractivity contribution in [2.24, 2.45) is 0 Å². The molecule has 0 bridgehead atoms. The third-order valence-electron chi connectivity index (χ3n) is 4.27. The highest BCUT2D eigenvalue weighted by Gasteiger charge is 2.07. The minimum absolute atomic E-state index is 1.03. The summed E-state index contributed by atoms with van der Waals surface area (Å²) in [6, 6.07) is 17.4.